The fourth-order valence-electron chi connectivity index (χ4n) is 6.69. The molecule has 0 rings (SSSR count). The number of nitrogens with one attached hydrogen (secondary N) is 1. The van der Waals surface area contributed by atoms with Gasteiger partial charge in [0.2, 0.25) is 5.91 Å². The summed E-state index contributed by atoms with van der Waals surface area (Å²) in [6.45, 7) is 6.34. The Kier molecular flexibility index (Phi) is 40.8. The third-order valence-electron chi connectivity index (χ3n) is 10.2. The van der Waals surface area contributed by atoms with Crippen molar-refractivity contribution in [3.05, 3.63) is 60.8 Å². The summed E-state index contributed by atoms with van der Waals surface area (Å²) in [4.78, 5) is 25.9. The van der Waals surface area contributed by atoms with Crippen LogP contribution in [0.15, 0.2) is 60.8 Å². The van der Waals surface area contributed by atoms with Gasteiger partial charge >= 0.3 is 5.97 Å². The Hall–Kier alpha value is -2.44. The molecule has 0 aliphatic rings. The molecule has 0 bridgehead atoms. The van der Waals surface area contributed by atoms with Crippen molar-refractivity contribution in [3.63, 3.8) is 0 Å². The van der Waals surface area contributed by atoms with Crippen molar-refractivity contribution in [1.82, 2.24) is 5.32 Å². The van der Waals surface area contributed by atoms with Gasteiger partial charge in [0, 0.05) is 6.42 Å². The molecule has 0 radical (unpaired) electrons. The second-order valence-electron chi connectivity index (χ2n) is 15.6. The van der Waals surface area contributed by atoms with E-state index in [-0.39, 0.29) is 24.9 Å². The molecule has 0 aromatic carbocycles. The summed E-state index contributed by atoms with van der Waals surface area (Å²) in [7, 11) is 0. The first kappa shape index (κ1) is 52.6. The molecule has 0 saturated heterocycles. The standard InChI is InChI=1S/C49H87NO5/c1-4-7-10-13-16-19-21-22-23-24-25-27-29-31-34-37-40-45(55-49(54)42-39-36-33-28-18-15-12-9-6-3)43-48(53)50-46(44-51)47(52)41-38-35-32-30-26-20-17-14-11-8-5-2/h10,13,16,19,21-25,27,45-47,51-52H,4-9,11-12,14-15,17-18,20,26,28-44H2,1-3H3,(H,50,53)/b13-10+,19-16+,22-21+,24-23+,27-25+. The van der Waals surface area contributed by atoms with Gasteiger partial charge in [-0.15, -0.1) is 0 Å². The largest absolute Gasteiger partial charge is 0.462 e. The van der Waals surface area contributed by atoms with Crippen molar-refractivity contribution in [2.24, 2.45) is 0 Å². The summed E-state index contributed by atoms with van der Waals surface area (Å²) in [5, 5.41) is 23.6. The predicted octanol–water partition coefficient (Wildman–Crippen LogP) is 13.3. The van der Waals surface area contributed by atoms with Crippen LogP contribution in [0.1, 0.15) is 213 Å². The summed E-state index contributed by atoms with van der Waals surface area (Å²) >= 11 is 0. The zero-order valence-electron chi connectivity index (χ0n) is 36.0. The molecule has 0 saturated carbocycles. The van der Waals surface area contributed by atoms with Crippen LogP contribution in [-0.2, 0) is 14.3 Å². The highest BCUT2D eigenvalue weighted by Crippen LogP contribution is 2.17. The maximum atomic E-state index is 13.1. The van der Waals surface area contributed by atoms with Crippen molar-refractivity contribution in [2.45, 2.75) is 232 Å². The van der Waals surface area contributed by atoms with Crippen LogP contribution in [-0.4, -0.2) is 46.9 Å². The summed E-state index contributed by atoms with van der Waals surface area (Å²) in [5.74, 6) is -0.520. The molecular formula is C49H87NO5. The quantitative estimate of drug-likeness (QED) is 0.0328. The van der Waals surface area contributed by atoms with Crippen LogP contribution in [0.2, 0.25) is 0 Å². The number of carbonyl (C=O) groups excluding carboxylic acids is 2. The van der Waals surface area contributed by atoms with Gasteiger partial charge < -0.3 is 20.3 Å². The van der Waals surface area contributed by atoms with Crippen molar-refractivity contribution < 1.29 is 24.5 Å². The molecular weight excluding hydrogens is 683 g/mol. The molecule has 0 aliphatic carbocycles. The van der Waals surface area contributed by atoms with E-state index >= 15 is 0 Å². The summed E-state index contributed by atoms with van der Waals surface area (Å²) in [5.41, 5.74) is 0. The van der Waals surface area contributed by atoms with Crippen LogP contribution in [0, 0.1) is 0 Å². The maximum absolute atomic E-state index is 13.1. The molecule has 0 spiro atoms. The lowest BCUT2D eigenvalue weighted by Gasteiger charge is -2.24. The highest BCUT2D eigenvalue weighted by atomic mass is 16.5. The van der Waals surface area contributed by atoms with Crippen LogP contribution in [0.5, 0.6) is 0 Å². The Labute approximate surface area is 339 Å². The average Bonchev–Trinajstić information content (AvgIpc) is 3.18. The predicted molar refractivity (Wildman–Crippen MR) is 236 cm³/mol. The number of allylic oxidation sites excluding steroid dienone is 10. The van der Waals surface area contributed by atoms with Crippen LogP contribution >= 0.6 is 0 Å². The molecule has 6 nitrogen and oxygen atoms in total. The first-order chi connectivity index (χ1) is 27.0. The molecule has 0 aromatic heterocycles. The highest BCUT2D eigenvalue weighted by molar-refractivity contribution is 5.77. The number of hydrogen-bond donors (Lipinski definition) is 3. The van der Waals surface area contributed by atoms with Crippen LogP contribution in [0.25, 0.3) is 0 Å². The first-order valence-corrected chi connectivity index (χ1v) is 23.1. The average molecular weight is 770 g/mol. The monoisotopic (exact) mass is 770 g/mol. The van der Waals surface area contributed by atoms with Gasteiger partial charge in [0.25, 0.3) is 0 Å². The maximum Gasteiger partial charge on any atom is 0.306 e. The van der Waals surface area contributed by atoms with E-state index in [2.05, 4.69) is 50.4 Å². The third kappa shape index (κ3) is 38.2. The highest BCUT2D eigenvalue weighted by Gasteiger charge is 2.24. The number of amides is 1. The number of rotatable bonds is 40. The smallest absolute Gasteiger partial charge is 0.306 e. The van der Waals surface area contributed by atoms with Gasteiger partial charge in [-0.3, -0.25) is 9.59 Å². The number of unbranched alkanes of at least 4 members (excludes halogenated alkanes) is 22. The minimum absolute atomic E-state index is 0.0492. The number of aliphatic hydroxyl groups excluding tert-OH is 2. The van der Waals surface area contributed by atoms with E-state index in [0.717, 1.165) is 70.6 Å². The van der Waals surface area contributed by atoms with Gasteiger partial charge in [-0.05, 0) is 44.9 Å². The van der Waals surface area contributed by atoms with Crippen molar-refractivity contribution >= 4 is 11.9 Å². The van der Waals surface area contributed by atoms with E-state index in [1.54, 1.807) is 0 Å². The Morgan fingerprint density at radius 2 is 0.964 bits per heavy atom. The Morgan fingerprint density at radius 1 is 0.527 bits per heavy atom. The fourth-order valence-corrected chi connectivity index (χ4v) is 6.69. The summed E-state index contributed by atoms with van der Waals surface area (Å²) < 4.78 is 5.87. The van der Waals surface area contributed by atoms with Gasteiger partial charge in [0.15, 0.2) is 0 Å². The van der Waals surface area contributed by atoms with E-state index in [1.807, 2.05) is 36.5 Å². The molecule has 3 atom stereocenters. The minimum atomic E-state index is -0.798. The molecule has 6 heteroatoms. The zero-order chi connectivity index (χ0) is 40.3. The Bertz CT molecular complexity index is 999. The zero-order valence-corrected chi connectivity index (χ0v) is 36.0. The lowest BCUT2D eigenvalue weighted by molar-refractivity contribution is -0.151. The number of hydrogen-bond acceptors (Lipinski definition) is 5. The van der Waals surface area contributed by atoms with Gasteiger partial charge in [0.1, 0.15) is 6.10 Å². The first-order valence-electron chi connectivity index (χ1n) is 23.1. The Morgan fingerprint density at radius 3 is 1.47 bits per heavy atom. The van der Waals surface area contributed by atoms with Crippen LogP contribution < -0.4 is 5.32 Å². The van der Waals surface area contributed by atoms with Gasteiger partial charge in [-0.25, -0.2) is 0 Å². The molecule has 55 heavy (non-hydrogen) atoms. The van der Waals surface area contributed by atoms with E-state index in [0.29, 0.717) is 19.3 Å². The number of ether oxygens (including phenoxy) is 1. The molecule has 0 aliphatic heterocycles. The van der Waals surface area contributed by atoms with Crippen molar-refractivity contribution in [2.75, 3.05) is 6.61 Å². The van der Waals surface area contributed by atoms with Crippen LogP contribution in [0.3, 0.4) is 0 Å². The van der Waals surface area contributed by atoms with E-state index in [9.17, 15) is 19.8 Å². The lowest BCUT2D eigenvalue weighted by Crippen LogP contribution is -2.46. The van der Waals surface area contributed by atoms with E-state index in [4.69, 9.17) is 4.74 Å². The fraction of sp³-hybridized carbons (Fsp3) is 0.755. The van der Waals surface area contributed by atoms with Crippen molar-refractivity contribution in [1.29, 1.82) is 0 Å². The lowest BCUT2D eigenvalue weighted by atomic mass is 10.0. The van der Waals surface area contributed by atoms with Gasteiger partial charge in [-0.1, -0.05) is 216 Å². The molecule has 318 valence electrons. The summed E-state index contributed by atoms with van der Waals surface area (Å²) in [6.07, 6.45) is 51.3. The molecule has 0 aromatic rings. The van der Waals surface area contributed by atoms with Gasteiger partial charge in [0.05, 0.1) is 25.2 Å². The second kappa shape index (κ2) is 42.7. The summed E-state index contributed by atoms with van der Waals surface area (Å²) in [6, 6.07) is -0.713. The minimum Gasteiger partial charge on any atom is -0.462 e. The number of aliphatic hydroxyl groups is 2. The normalized spacial score (nSPS) is 13.9. The van der Waals surface area contributed by atoms with E-state index < -0.39 is 18.2 Å². The molecule has 3 N–H and O–H groups in total. The molecule has 0 fully saturated rings. The van der Waals surface area contributed by atoms with Gasteiger partial charge in [-0.2, -0.15) is 0 Å². The molecule has 1 amide bonds. The third-order valence-corrected chi connectivity index (χ3v) is 10.2. The van der Waals surface area contributed by atoms with Crippen LogP contribution in [0.4, 0.5) is 0 Å². The number of esters is 1. The SMILES string of the molecule is CCC/C=C/C=C/C=C/C=C/C=C/CCCCCC(CC(=O)NC(CO)C(O)CCCCCCCCCCCCC)OC(=O)CCCCCCCCCCC. The topological polar surface area (TPSA) is 95.9 Å². The van der Waals surface area contributed by atoms with E-state index in [1.165, 1.54) is 96.3 Å². The molecule has 0 heterocycles. The Balaban J connectivity index is 4.70. The molecule has 3 unspecified atom stereocenters. The van der Waals surface area contributed by atoms with Crippen molar-refractivity contribution in [3.8, 4) is 0 Å². The second-order valence-corrected chi connectivity index (χ2v) is 15.6. The number of carbonyl (C=O) groups is 2.